The zero-order chi connectivity index (χ0) is 20.2. The Morgan fingerprint density at radius 2 is 1.86 bits per heavy atom. The lowest BCUT2D eigenvalue weighted by Gasteiger charge is -2.37. The monoisotopic (exact) mass is 397 g/mol. The van der Waals surface area contributed by atoms with Gasteiger partial charge < -0.3 is 14.5 Å². The van der Waals surface area contributed by atoms with Crippen LogP contribution in [0.25, 0.3) is 0 Å². The number of carbonyl (C=O) groups is 1. The molecule has 1 atom stereocenters. The highest BCUT2D eigenvalue weighted by Crippen LogP contribution is 2.33. The predicted molar refractivity (Wildman–Crippen MR) is 112 cm³/mol. The summed E-state index contributed by atoms with van der Waals surface area (Å²) >= 11 is 0. The molecule has 154 valence electrons. The Hall–Kier alpha value is -2.60. The number of carbonyl (C=O) groups excluding carboxylic acids is 1. The van der Waals surface area contributed by atoms with Gasteiger partial charge in [0.15, 0.2) is 0 Å². The summed E-state index contributed by atoms with van der Waals surface area (Å²) in [6, 6.07) is 15.2. The molecule has 2 fully saturated rings. The summed E-state index contributed by atoms with van der Waals surface area (Å²) in [5.74, 6) is 0.809. The maximum atomic E-state index is 14.0. The fourth-order valence-electron chi connectivity index (χ4n) is 4.42. The van der Waals surface area contributed by atoms with E-state index in [2.05, 4.69) is 17.0 Å². The fraction of sp³-hybridized carbons (Fsp3) is 0.435. The first kappa shape index (κ1) is 19.7. The maximum Gasteiger partial charge on any atom is 0.236 e. The largest absolute Gasteiger partial charge is 0.497 e. The average Bonchev–Trinajstić information content (AvgIpc) is 3.22. The molecule has 0 spiro atoms. The summed E-state index contributed by atoms with van der Waals surface area (Å²) < 4.78 is 19.4. The van der Waals surface area contributed by atoms with E-state index in [9.17, 15) is 9.18 Å². The molecule has 0 aliphatic carbocycles. The van der Waals surface area contributed by atoms with E-state index in [1.165, 1.54) is 11.6 Å². The zero-order valence-electron chi connectivity index (χ0n) is 16.9. The van der Waals surface area contributed by atoms with Crippen LogP contribution < -0.4 is 9.64 Å². The van der Waals surface area contributed by atoms with Crippen LogP contribution in [0.4, 0.5) is 10.1 Å². The summed E-state index contributed by atoms with van der Waals surface area (Å²) in [6.07, 6.45) is 2.15. The molecule has 0 bridgehead atoms. The Kier molecular flexibility index (Phi) is 6.00. The molecule has 2 aliphatic rings. The van der Waals surface area contributed by atoms with Crippen LogP contribution in [0.15, 0.2) is 48.5 Å². The van der Waals surface area contributed by atoms with Crippen LogP contribution in [0, 0.1) is 5.82 Å². The first-order chi connectivity index (χ1) is 14.2. The third-order valence-corrected chi connectivity index (χ3v) is 6.01. The van der Waals surface area contributed by atoms with Crippen molar-refractivity contribution in [2.75, 3.05) is 51.3 Å². The predicted octanol–water partition coefficient (Wildman–Crippen LogP) is 3.32. The summed E-state index contributed by atoms with van der Waals surface area (Å²) in [6.45, 7) is 3.94. The molecule has 1 unspecified atom stereocenters. The van der Waals surface area contributed by atoms with Crippen molar-refractivity contribution in [3.63, 3.8) is 0 Å². The molecule has 0 N–H and O–H groups in total. The van der Waals surface area contributed by atoms with Crippen molar-refractivity contribution in [1.29, 1.82) is 0 Å². The maximum absolute atomic E-state index is 14.0. The molecular formula is C23H28FN3O2. The van der Waals surface area contributed by atoms with E-state index in [1.807, 2.05) is 28.0 Å². The molecule has 2 saturated heterocycles. The van der Waals surface area contributed by atoms with Gasteiger partial charge in [-0.2, -0.15) is 0 Å². The van der Waals surface area contributed by atoms with Crippen LogP contribution >= 0.6 is 0 Å². The number of anilines is 1. The van der Waals surface area contributed by atoms with Gasteiger partial charge in [0, 0.05) is 32.2 Å². The molecular weight excluding hydrogens is 369 g/mol. The quantitative estimate of drug-likeness (QED) is 0.776. The highest BCUT2D eigenvalue weighted by atomic mass is 19.1. The zero-order valence-corrected chi connectivity index (χ0v) is 16.9. The molecule has 0 aromatic heterocycles. The van der Waals surface area contributed by atoms with Crippen molar-refractivity contribution >= 4 is 11.6 Å². The Bertz CT molecular complexity index is 852. The smallest absolute Gasteiger partial charge is 0.236 e. The van der Waals surface area contributed by atoms with Crippen LogP contribution in [0.2, 0.25) is 0 Å². The number of likely N-dealkylation sites (tertiary alicyclic amines) is 1. The average molecular weight is 397 g/mol. The Morgan fingerprint density at radius 3 is 2.62 bits per heavy atom. The lowest BCUT2D eigenvalue weighted by Crippen LogP contribution is -2.51. The minimum atomic E-state index is -0.203. The molecule has 6 heteroatoms. The topological polar surface area (TPSA) is 36.0 Å². The Morgan fingerprint density at radius 1 is 1.07 bits per heavy atom. The van der Waals surface area contributed by atoms with E-state index in [1.54, 1.807) is 19.2 Å². The molecule has 0 saturated carbocycles. The standard InChI is InChI=1S/C23H28FN3O2/c1-29-19-7-4-6-18(16-19)21-10-5-11-27(21)17-23(28)26-14-12-25(13-15-26)22-9-3-2-8-20(22)24/h2-4,6-9,16,21H,5,10-15,17H2,1H3. The number of ether oxygens (including phenoxy) is 1. The first-order valence-electron chi connectivity index (χ1n) is 10.3. The van der Waals surface area contributed by atoms with Crippen molar-refractivity contribution in [3.05, 3.63) is 59.9 Å². The van der Waals surface area contributed by atoms with Gasteiger partial charge in [0.25, 0.3) is 0 Å². The number of piperazine rings is 1. The molecule has 2 aromatic carbocycles. The van der Waals surface area contributed by atoms with Gasteiger partial charge in [-0.1, -0.05) is 24.3 Å². The normalized spacial score (nSPS) is 20.1. The van der Waals surface area contributed by atoms with Crippen molar-refractivity contribution in [2.24, 2.45) is 0 Å². The number of hydrogen-bond donors (Lipinski definition) is 0. The van der Waals surface area contributed by atoms with E-state index in [-0.39, 0.29) is 17.8 Å². The summed E-state index contributed by atoms with van der Waals surface area (Å²) in [4.78, 5) is 19.1. The lowest BCUT2D eigenvalue weighted by molar-refractivity contribution is -0.133. The molecule has 2 heterocycles. The van der Waals surface area contributed by atoms with Crippen molar-refractivity contribution < 1.29 is 13.9 Å². The van der Waals surface area contributed by atoms with Crippen LogP contribution in [0.5, 0.6) is 5.75 Å². The third kappa shape index (κ3) is 4.37. The number of methoxy groups -OCH3 is 1. The van der Waals surface area contributed by atoms with E-state index < -0.39 is 0 Å². The summed E-state index contributed by atoms with van der Waals surface area (Å²) in [5, 5.41) is 0. The van der Waals surface area contributed by atoms with Crippen LogP contribution in [0.1, 0.15) is 24.4 Å². The number of nitrogens with zero attached hydrogens (tertiary/aromatic N) is 3. The van der Waals surface area contributed by atoms with Gasteiger partial charge in [-0.25, -0.2) is 4.39 Å². The van der Waals surface area contributed by atoms with Crippen LogP contribution in [0.3, 0.4) is 0 Å². The first-order valence-corrected chi connectivity index (χ1v) is 10.3. The number of amides is 1. The summed E-state index contributed by atoms with van der Waals surface area (Å²) in [7, 11) is 1.68. The molecule has 4 rings (SSSR count). The molecule has 2 aliphatic heterocycles. The molecule has 0 radical (unpaired) electrons. The molecule has 5 nitrogen and oxygen atoms in total. The van der Waals surface area contributed by atoms with Gasteiger partial charge in [0.2, 0.25) is 5.91 Å². The van der Waals surface area contributed by atoms with Crippen molar-refractivity contribution in [2.45, 2.75) is 18.9 Å². The van der Waals surface area contributed by atoms with Crippen LogP contribution in [-0.4, -0.2) is 62.1 Å². The van der Waals surface area contributed by atoms with E-state index in [0.717, 1.165) is 25.1 Å². The second kappa shape index (κ2) is 8.82. The van der Waals surface area contributed by atoms with E-state index in [0.29, 0.717) is 38.4 Å². The van der Waals surface area contributed by atoms with Gasteiger partial charge in [-0.15, -0.1) is 0 Å². The van der Waals surface area contributed by atoms with E-state index >= 15 is 0 Å². The van der Waals surface area contributed by atoms with E-state index in [4.69, 9.17) is 4.74 Å². The van der Waals surface area contributed by atoms with Crippen molar-refractivity contribution in [1.82, 2.24) is 9.80 Å². The van der Waals surface area contributed by atoms with Gasteiger partial charge >= 0.3 is 0 Å². The highest BCUT2D eigenvalue weighted by Gasteiger charge is 2.30. The second-order valence-corrected chi connectivity index (χ2v) is 7.72. The highest BCUT2D eigenvalue weighted by molar-refractivity contribution is 5.78. The number of benzene rings is 2. The Balaban J connectivity index is 1.35. The van der Waals surface area contributed by atoms with Gasteiger partial charge in [-0.05, 0) is 49.2 Å². The van der Waals surface area contributed by atoms with Gasteiger partial charge in [0.05, 0.1) is 19.3 Å². The fourth-order valence-corrected chi connectivity index (χ4v) is 4.42. The number of halogens is 1. The van der Waals surface area contributed by atoms with Crippen molar-refractivity contribution in [3.8, 4) is 5.75 Å². The minimum Gasteiger partial charge on any atom is -0.497 e. The molecule has 29 heavy (non-hydrogen) atoms. The number of para-hydroxylation sites is 1. The lowest BCUT2D eigenvalue weighted by atomic mass is 10.0. The molecule has 2 aromatic rings. The van der Waals surface area contributed by atoms with Gasteiger partial charge in [0.1, 0.15) is 11.6 Å². The van der Waals surface area contributed by atoms with Crippen LogP contribution in [-0.2, 0) is 4.79 Å². The minimum absolute atomic E-state index is 0.160. The summed E-state index contributed by atoms with van der Waals surface area (Å²) in [5.41, 5.74) is 1.83. The second-order valence-electron chi connectivity index (χ2n) is 7.72. The van der Waals surface area contributed by atoms with Gasteiger partial charge in [-0.3, -0.25) is 9.69 Å². The SMILES string of the molecule is COc1cccc(C2CCCN2CC(=O)N2CCN(c3ccccc3F)CC2)c1. The molecule has 1 amide bonds. The third-order valence-electron chi connectivity index (χ3n) is 6.01. The number of rotatable bonds is 5. The number of hydrogen-bond acceptors (Lipinski definition) is 4. The Labute approximate surface area is 171 Å².